The van der Waals surface area contributed by atoms with Crippen LogP contribution in [0.25, 0.3) is 0 Å². The van der Waals surface area contributed by atoms with E-state index >= 15 is 0 Å². The topological polar surface area (TPSA) is 17.1 Å². The molecule has 0 atom stereocenters. The minimum absolute atomic E-state index is 0.0287. The molecule has 76 valence electrons. The molecule has 0 radical (unpaired) electrons. The molecule has 0 aromatic heterocycles. The number of hydrogen-bond acceptors (Lipinski definition) is 1. The number of halogens is 3. The average Bonchev–Trinajstić information content (AvgIpc) is 2.20. The molecular weight excluding hydrogens is 226 g/mol. The Hall–Kier alpha value is -0.600. The van der Waals surface area contributed by atoms with Crippen molar-refractivity contribution in [2.45, 2.75) is 12.3 Å². The number of benzene rings is 1. The van der Waals surface area contributed by atoms with Gasteiger partial charge >= 0.3 is 0 Å². The van der Waals surface area contributed by atoms with E-state index in [1.807, 2.05) is 0 Å². The first-order chi connectivity index (χ1) is 6.67. The molecule has 0 heterocycles. The van der Waals surface area contributed by atoms with Crippen LogP contribution in [0.1, 0.15) is 11.1 Å². The van der Waals surface area contributed by atoms with Crippen molar-refractivity contribution in [1.29, 1.82) is 0 Å². The predicted molar refractivity (Wildman–Crippen MR) is 55.4 cm³/mol. The zero-order valence-corrected chi connectivity index (χ0v) is 8.91. The lowest BCUT2D eigenvalue weighted by molar-refractivity contribution is -0.116. The van der Waals surface area contributed by atoms with Gasteiger partial charge in [-0.2, -0.15) is 0 Å². The molecule has 0 fully saturated rings. The fourth-order valence-corrected chi connectivity index (χ4v) is 1.49. The molecular formula is C10H9Cl2FO. The van der Waals surface area contributed by atoms with Gasteiger partial charge in [-0.25, -0.2) is 4.39 Å². The van der Waals surface area contributed by atoms with Crippen molar-refractivity contribution in [2.24, 2.45) is 0 Å². The Morgan fingerprint density at radius 3 is 2.57 bits per heavy atom. The third kappa shape index (κ3) is 2.96. The first-order valence-electron chi connectivity index (χ1n) is 4.08. The number of hydrogen-bond donors (Lipinski definition) is 0. The van der Waals surface area contributed by atoms with E-state index in [1.54, 1.807) is 6.07 Å². The highest BCUT2D eigenvalue weighted by atomic mass is 35.5. The van der Waals surface area contributed by atoms with Crippen LogP contribution < -0.4 is 0 Å². The Balaban J connectivity index is 2.90. The summed E-state index contributed by atoms with van der Waals surface area (Å²) in [5.74, 6) is -0.269. The Bertz CT molecular complexity index is 339. The molecule has 14 heavy (non-hydrogen) atoms. The molecule has 0 spiro atoms. The molecule has 0 aliphatic rings. The van der Waals surface area contributed by atoms with Gasteiger partial charge in [0.15, 0.2) is 5.78 Å². The second-order valence-electron chi connectivity index (χ2n) is 2.90. The molecule has 1 rings (SSSR count). The summed E-state index contributed by atoms with van der Waals surface area (Å²) in [6, 6.07) is 4.22. The Kier molecular flexibility index (Phi) is 4.36. The van der Waals surface area contributed by atoms with Crippen LogP contribution in [-0.2, 0) is 17.1 Å². The van der Waals surface area contributed by atoms with E-state index in [0.717, 1.165) is 5.56 Å². The van der Waals surface area contributed by atoms with Gasteiger partial charge in [-0.15, -0.1) is 23.2 Å². The Labute approximate surface area is 91.8 Å². The average molecular weight is 235 g/mol. The van der Waals surface area contributed by atoms with Gasteiger partial charge in [0, 0.05) is 12.3 Å². The summed E-state index contributed by atoms with van der Waals surface area (Å²) in [6.07, 6.45) is 0.214. The number of ketones is 1. The normalized spacial score (nSPS) is 10.2. The molecule has 0 saturated heterocycles. The fraction of sp³-hybridized carbons (Fsp3) is 0.300. The van der Waals surface area contributed by atoms with E-state index < -0.39 is 0 Å². The molecule has 0 unspecified atom stereocenters. The summed E-state index contributed by atoms with van der Waals surface area (Å²) in [4.78, 5) is 11.1. The minimum atomic E-state index is -0.345. The maximum atomic E-state index is 12.8. The van der Waals surface area contributed by atoms with Crippen molar-refractivity contribution in [3.05, 3.63) is 35.1 Å². The number of Topliss-reactive ketones (excluding diaryl/α,β-unsaturated/α-hetero) is 1. The monoisotopic (exact) mass is 234 g/mol. The molecule has 0 saturated carbocycles. The lowest BCUT2D eigenvalue weighted by atomic mass is 10.0. The van der Waals surface area contributed by atoms with Crippen molar-refractivity contribution in [2.75, 3.05) is 5.88 Å². The number of carbonyl (C=O) groups is 1. The zero-order valence-electron chi connectivity index (χ0n) is 7.40. The quantitative estimate of drug-likeness (QED) is 0.733. The molecule has 0 aliphatic carbocycles. The Morgan fingerprint density at radius 1 is 1.29 bits per heavy atom. The highest BCUT2D eigenvalue weighted by Crippen LogP contribution is 2.14. The van der Waals surface area contributed by atoms with Crippen molar-refractivity contribution in [3.63, 3.8) is 0 Å². The second kappa shape index (κ2) is 5.32. The largest absolute Gasteiger partial charge is 0.298 e. The third-order valence-corrected chi connectivity index (χ3v) is 2.43. The highest BCUT2D eigenvalue weighted by Gasteiger charge is 2.07. The van der Waals surface area contributed by atoms with Crippen LogP contribution in [0.2, 0.25) is 0 Å². The highest BCUT2D eigenvalue weighted by molar-refractivity contribution is 6.27. The van der Waals surface area contributed by atoms with Gasteiger partial charge in [-0.05, 0) is 23.3 Å². The van der Waals surface area contributed by atoms with Gasteiger partial charge in [0.05, 0.1) is 5.88 Å². The van der Waals surface area contributed by atoms with Crippen molar-refractivity contribution in [1.82, 2.24) is 0 Å². The fourth-order valence-electron chi connectivity index (χ4n) is 1.15. The lowest BCUT2D eigenvalue weighted by Crippen LogP contribution is -2.06. The summed E-state index contributed by atoms with van der Waals surface area (Å²) < 4.78 is 12.8. The molecule has 0 amide bonds. The van der Waals surface area contributed by atoms with E-state index in [0.29, 0.717) is 5.56 Å². The molecule has 0 N–H and O–H groups in total. The maximum absolute atomic E-state index is 12.8. The van der Waals surface area contributed by atoms with Gasteiger partial charge in [-0.1, -0.05) is 6.07 Å². The third-order valence-electron chi connectivity index (χ3n) is 1.85. The predicted octanol–water partition coefficient (Wildman–Crippen LogP) is 2.91. The van der Waals surface area contributed by atoms with E-state index in [2.05, 4.69) is 0 Å². The number of carbonyl (C=O) groups excluding carboxylic acids is 1. The standard InChI is InChI=1S/C10H9Cl2FO/c11-5-8-3-9(13)2-1-7(8)4-10(14)6-12/h1-3H,4-6H2. The second-order valence-corrected chi connectivity index (χ2v) is 3.43. The van der Waals surface area contributed by atoms with Crippen molar-refractivity contribution < 1.29 is 9.18 Å². The molecule has 1 aromatic carbocycles. The Morgan fingerprint density at radius 2 is 2.00 bits per heavy atom. The molecule has 4 heteroatoms. The summed E-state index contributed by atoms with van der Waals surface area (Å²) in [5, 5.41) is 0. The van der Waals surface area contributed by atoms with Gasteiger partial charge < -0.3 is 0 Å². The van der Waals surface area contributed by atoms with Gasteiger partial charge in [0.2, 0.25) is 0 Å². The summed E-state index contributed by atoms with van der Waals surface area (Å²) in [7, 11) is 0. The molecule has 1 aromatic rings. The van der Waals surface area contributed by atoms with E-state index in [1.165, 1.54) is 12.1 Å². The van der Waals surface area contributed by atoms with E-state index in [-0.39, 0.29) is 29.8 Å². The van der Waals surface area contributed by atoms with Crippen LogP contribution >= 0.6 is 23.2 Å². The summed E-state index contributed by atoms with van der Waals surface area (Å²) in [6.45, 7) is 0. The van der Waals surface area contributed by atoms with Crippen molar-refractivity contribution >= 4 is 29.0 Å². The lowest BCUT2D eigenvalue weighted by Gasteiger charge is -2.05. The number of rotatable bonds is 4. The van der Waals surface area contributed by atoms with Crippen LogP contribution in [0, 0.1) is 5.82 Å². The van der Waals surface area contributed by atoms with Gasteiger partial charge in [0.1, 0.15) is 5.82 Å². The maximum Gasteiger partial charge on any atom is 0.151 e. The van der Waals surface area contributed by atoms with Crippen LogP contribution in [0.4, 0.5) is 4.39 Å². The molecule has 0 bridgehead atoms. The van der Waals surface area contributed by atoms with Crippen LogP contribution in [0.15, 0.2) is 18.2 Å². The zero-order chi connectivity index (χ0) is 10.6. The first-order valence-corrected chi connectivity index (χ1v) is 5.15. The number of alkyl halides is 2. The van der Waals surface area contributed by atoms with Gasteiger partial charge in [-0.3, -0.25) is 4.79 Å². The minimum Gasteiger partial charge on any atom is -0.298 e. The SMILES string of the molecule is O=C(CCl)Cc1ccc(F)cc1CCl. The van der Waals surface area contributed by atoms with E-state index in [4.69, 9.17) is 23.2 Å². The van der Waals surface area contributed by atoms with Crippen LogP contribution in [0.3, 0.4) is 0 Å². The first kappa shape index (κ1) is 11.5. The van der Waals surface area contributed by atoms with Crippen molar-refractivity contribution in [3.8, 4) is 0 Å². The molecule has 1 nitrogen and oxygen atoms in total. The summed E-state index contributed by atoms with van der Waals surface area (Å²) >= 11 is 11.0. The van der Waals surface area contributed by atoms with E-state index in [9.17, 15) is 9.18 Å². The van der Waals surface area contributed by atoms with Gasteiger partial charge in [0.25, 0.3) is 0 Å². The molecule has 0 aliphatic heterocycles. The smallest absolute Gasteiger partial charge is 0.151 e. The van der Waals surface area contributed by atoms with Crippen LogP contribution in [-0.4, -0.2) is 11.7 Å². The van der Waals surface area contributed by atoms with Crippen LogP contribution in [0.5, 0.6) is 0 Å². The summed E-state index contributed by atoms with van der Waals surface area (Å²) in [5.41, 5.74) is 1.39.